The molecule has 4 atom stereocenters. The quantitative estimate of drug-likeness (QED) is 0.554. The average Bonchev–Trinajstić information content (AvgIpc) is 2.56. The summed E-state index contributed by atoms with van der Waals surface area (Å²) in [5.74, 6) is 0.142. The van der Waals surface area contributed by atoms with E-state index < -0.39 is 0 Å². The topological polar surface area (TPSA) is 44.8 Å². The van der Waals surface area contributed by atoms with Crippen molar-refractivity contribution in [1.29, 1.82) is 0 Å². The van der Waals surface area contributed by atoms with Gasteiger partial charge in [0.15, 0.2) is 6.10 Å². The molecule has 2 saturated heterocycles. The molecule has 0 aliphatic carbocycles. The van der Waals surface area contributed by atoms with Gasteiger partial charge in [-0.05, 0) is 0 Å². The molecule has 13 heavy (non-hydrogen) atoms. The Kier molecular flexibility index (Phi) is 2.26. The van der Waals surface area contributed by atoms with Crippen molar-refractivity contribution in [2.24, 2.45) is 5.92 Å². The molecular formula is C9H14O4. The van der Waals surface area contributed by atoms with Crippen molar-refractivity contribution in [1.82, 2.24) is 0 Å². The molecule has 0 saturated carbocycles. The Labute approximate surface area is 77.1 Å². The second kappa shape index (κ2) is 3.27. The summed E-state index contributed by atoms with van der Waals surface area (Å²) in [6, 6.07) is 0. The van der Waals surface area contributed by atoms with Gasteiger partial charge in [0.2, 0.25) is 0 Å². The van der Waals surface area contributed by atoms with Crippen LogP contribution in [0.2, 0.25) is 0 Å². The van der Waals surface area contributed by atoms with Crippen LogP contribution in [0.3, 0.4) is 0 Å². The van der Waals surface area contributed by atoms with Gasteiger partial charge < -0.3 is 14.2 Å². The molecule has 0 spiro atoms. The number of esters is 1. The van der Waals surface area contributed by atoms with E-state index in [1.165, 1.54) is 6.92 Å². The number of carbonyl (C=O) groups excluding carboxylic acids is 1. The van der Waals surface area contributed by atoms with Crippen LogP contribution in [0.5, 0.6) is 0 Å². The lowest BCUT2D eigenvalue weighted by Gasteiger charge is -2.15. The Bertz CT molecular complexity index is 216. The monoisotopic (exact) mass is 186 g/mol. The van der Waals surface area contributed by atoms with Crippen molar-refractivity contribution in [3.63, 3.8) is 0 Å². The van der Waals surface area contributed by atoms with Gasteiger partial charge in [-0.2, -0.15) is 0 Å². The van der Waals surface area contributed by atoms with E-state index in [4.69, 9.17) is 14.2 Å². The molecule has 4 nitrogen and oxygen atoms in total. The summed E-state index contributed by atoms with van der Waals surface area (Å²) in [5.41, 5.74) is 0. The van der Waals surface area contributed by atoms with Crippen LogP contribution in [-0.4, -0.2) is 37.5 Å². The molecule has 2 fully saturated rings. The molecule has 2 rings (SSSR count). The molecule has 0 aromatic rings. The van der Waals surface area contributed by atoms with Gasteiger partial charge >= 0.3 is 5.97 Å². The molecule has 0 aromatic carbocycles. The van der Waals surface area contributed by atoms with E-state index >= 15 is 0 Å². The Morgan fingerprint density at radius 1 is 1.31 bits per heavy atom. The summed E-state index contributed by atoms with van der Waals surface area (Å²) in [5, 5.41) is 0. The van der Waals surface area contributed by atoms with Crippen molar-refractivity contribution < 1.29 is 19.0 Å². The predicted molar refractivity (Wildman–Crippen MR) is 44.2 cm³/mol. The van der Waals surface area contributed by atoms with Gasteiger partial charge in [-0.1, -0.05) is 6.92 Å². The van der Waals surface area contributed by atoms with Gasteiger partial charge in [0.25, 0.3) is 0 Å². The van der Waals surface area contributed by atoms with Crippen LogP contribution in [0.15, 0.2) is 0 Å². The fraction of sp³-hybridized carbons (Fsp3) is 0.889. The zero-order chi connectivity index (χ0) is 9.42. The van der Waals surface area contributed by atoms with E-state index in [0.717, 1.165) is 0 Å². The van der Waals surface area contributed by atoms with Gasteiger partial charge in [-0.15, -0.1) is 0 Å². The van der Waals surface area contributed by atoms with Gasteiger partial charge in [0.05, 0.1) is 19.3 Å². The molecule has 0 amide bonds. The second-order valence-electron chi connectivity index (χ2n) is 3.72. The zero-order valence-corrected chi connectivity index (χ0v) is 7.86. The normalized spacial score (nSPS) is 43.2. The summed E-state index contributed by atoms with van der Waals surface area (Å²) in [7, 11) is 0. The molecular weight excluding hydrogens is 172 g/mol. The van der Waals surface area contributed by atoms with E-state index in [-0.39, 0.29) is 24.3 Å². The van der Waals surface area contributed by atoms with Crippen LogP contribution >= 0.6 is 0 Å². The largest absolute Gasteiger partial charge is 0.457 e. The van der Waals surface area contributed by atoms with Crippen LogP contribution in [0.1, 0.15) is 13.8 Å². The number of hydrogen-bond donors (Lipinski definition) is 0. The maximum absolute atomic E-state index is 10.7. The number of hydrogen-bond acceptors (Lipinski definition) is 4. The van der Waals surface area contributed by atoms with E-state index in [0.29, 0.717) is 19.1 Å². The molecule has 0 bridgehead atoms. The Morgan fingerprint density at radius 2 is 2.00 bits per heavy atom. The number of carbonyl (C=O) groups is 1. The fourth-order valence-corrected chi connectivity index (χ4v) is 1.97. The van der Waals surface area contributed by atoms with Crippen LogP contribution < -0.4 is 0 Å². The van der Waals surface area contributed by atoms with Crippen LogP contribution in [0, 0.1) is 5.92 Å². The Morgan fingerprint density at radius 3 is 2.69 bits per heavy atom. The highest BCUT2D eigenvalue weighted by Gasteiger charge is 2.47. The third-order valence-corrected chi connectivity index (χ3v) is 2.57. The van der Waals surface area contributed by atoms with Crippen molar-refractivity contribution in [2.75, 3.05) is 13.2 Å². The van der Waals surface area contributed by atoms with Gasteiger partial charge in [-0.3, -0.25) is 4.79 Å². The second-order valence-corrected chi connectivity index (χ2v) is 3.72. The van der Waals surface area contributed by atoms with Crippen LogP contribution in [0.4, 0.5) is 0 Å². The zero-order valence-electron chi connectivity index (χ0n) is 7.86. The standard InChI is InChI=1S/C9H14O4/c1-5-3-11-9-7(13-6(2)10)4-12-8(5)9/h5,7-9H,3-4H2,1-2H3/t5-,7+,8-,9-/m1/s1. The van der Waals surface area contributed by atoms with E-state index in [1.807, 2.05) is 0 Å². The minimum atomic E-state index is -0.266. The lowest BCUT2D eigenvalue weighted by Crippen LogP contribution is -2.32. The fourth-order valence-electron chi connectivity index (χ4n) is 1.97. The summed E-state index contributed by atoms with van der Waals surface area (Å²) < 4.78 is 16.1. The van der Waals surface area contributed by atoms with Crippen molar-refractivity contribution in [2.45, 2.75) is 32.2 Å². The molecule has 74 valence electrons. The minimum Gasteiger partial charge on any atom is -0.457 e. The van der Waals surface area contributed by atoms with Crippen LogP contribution in [-0.2, 0) is 19.0 Å². The maximum Gasteiger partial charge on any atom is 0.303 e. The molecule has 0 N–H and O–H groups in total. The highest BCUT2D eigenvalue weighted by Crippen LogP contribution is 2.32. The molecule has 0 aromatic heterocycles. The first-order chi connectivity index (χ1) is 6.18. The van der Waals surface area contributed by atoms with E-state index in [9.17, 15) is 4.79 Å². The Hall–Kier alpha value is -0.610. The number of fused-ring (bicyclic) bond motifs is 1. The van der Waals surface area contributed by atoms with Gasteiger partial charge in [-0.25, -0.2) is 0 Å². The molecule has 4 heteroatoms. The lowest BCUT2D eigenvalue weighted by atomic mass is 10.0. The lowest BCUT2D eigenvalue weighted by molar-refractivity contribution is -0.150. The van der Waals surface area contributed by atoms with E-state index in [2.05, 4.69) is 6.92 Å². The van der Waals surface area contributed by atoms with Crippen molar-refractivity contribution >= 4 is 5.97 Å². The molecule has 0 unspecified atom stereocenters. The summed E-state index contributed by atoms with van der Waals surface area (Å²) >= 11 is 0. The molecule has 2 aliphatic heterocycles. The minimum absolute atomic E-state index is 0.0427. The van der Waals surface area contributed by atoms with Crippen molar-refractivity contribution in [3.05, 3.63) is 0 Å². The summed E-state index contributed by atoms with van der Waals surface area (Å²) in [6.07, 6.45) is -0.129. The van der Waals surface area contributed by atoms with Gasteiger partial charge in [0, 0.05) is 12.8 Å². The average molecular weight is 186 g/mol. The van der Waals surface area contributed by atoms with Crippen LogP contribution in [0.25, 0.3) is 0 Å². The summed E-state index contributed by atoms with van der Waals surface area (Å²) in [4.78, 5) is 10.7. The first-order valence-corrected chi connectivity index (χ1v) is 4.59. The number of rotatable bonds is 1. The van der Waals surface area contributed by atoms with E-state index in [1.54, 1.807) is 0 Å². The Balaban J connectivity index is 1.98. The molecule has 2 aliphatic rings. The third kappa shape index (κ3) is 1.56. The first kappa shape index (κ1) is 8.97. The van der Waals surface area contributed by atoms with Gasteiger partial charge in [0.1, 0.15) is 6.10 Å². The molecule has 0 radical (unpaired) electrons. The first-order valence-electron chi connectivity index (χ1n) is 4.59. The summed E-state index contributed by atoms with van der Waals surface area (Å²) in [6.45, 7) is 4.67. The maximum atomic E-state index is 10.7. The SMILES string of the molecule is CC(=O)O[C@H]1CO[C@H]2[C@@H]1OC[C@H]2C. The third-order valence-electron chi connectivity index (χ3n) is 2.57. The highest BCUT2D eigenvalue weighted by molar-refractivity contribution is 5.66. The smallest absolute Gasteiger partial charge is 0.303 e. The molecule has 2 heterocycles. The number of ether oxygens (including phenoxy) is 3. The van der Waals surface area contributed by atoms with Crippen molar-refractivity contribution in [3.8, 4) is 0 Å². The predicted octanol–water partition coefficient (Wildman–Crippen LogP) is 0.352. The highest BCUT2D eigenvalue weighted by atomic mass is 16.6.